The van der Waals surface area contributed by atoms with Gasteiger partial charge in [-0.1, -0.05) is 5.16 Å². The second kappa shape index (κ2) is 7.91. The molecule has 0 aliphatic heterocycles. The SMILES string of the molecule is COCc1cc(CN(CCCC(=O)O)C(C)C)no1. The highest BCUT2D eigenvalue weighted by atomic mass is 16.5. The van der Waals surface area contributed by atoms with Crippen LogP contribution in [0.25, 0.3) is 0 Å². The fraction of sp³-hybridized carbons (Fsp3) is 0.692. The van der Waals surface area contributed by atoms with Crippen LogP contribution in [-0.2, 0) is 22.7 Å². The number of ether oxygens (including phenoxy) is 1. The van der Waals surface area contributed by atoms with Crippen molar-refractivity contribution in [3.05, 3.63) is 17.5 Å². The molecular weight excluding hydrogens is 248 g/mol. The number of carboxylic acids is 1. The lowest BCUT2D eigenvalue weighted by atomic mass is 10.2. The number of rotatable bonds is 9. The largest absolute Gasteiger partial charge is 0.481 e. The molecule has 0 aliphatic carbocycles. The van der Waals surface area contributed by atoms with E-state index in [2.05, 4.69) is 23.9 Å². The fourth-order valence-corrected chi connectivity index (χ4v) is 1.80. The van der Waals surface area contributed by atoms with Gasteiger partial charge in [-0.05, 0) is 26.8 Å². The molecule has 0 saturated carbocycles. The number of carbonyl (C=O) groups is 1. The molecule has 1 heterocycles. The first-order chi connectivity index (χ1) is 9.02. The number of hydrogen-bond donors (Lipinski definition) is 1. The molecule has 1 N–H and O–H groups in total. The third-order valence-corrected chi connectivity index (χ3v) is 2.83. The maximum Gasteiger partial charge on any atom is 0.303 e. The van der Waals surface area contributed by atoms with Crippen molar-refractivity contribution in [3.63, 3.8) is 0 Å². The Hall–Kier alpha value is -1.40. The number of hydrogen-bond acceptors (Lipinski definition) is 5. The second-order valence-corrected chi connectivity index (χ2v) is 4.78. The van der Waals surface area contributed by atoms with E-state index in [0.717, 1.165) is 12.2 Å². The molecule has 6 nitrogen and oxygen atoms in total. The summed E-state index contributed by atoms with van der Waals surface area (Å²) in [4.78, 5) is 12.7. The van der Waals surface area contributed by atoms with Gasteiger partial charge in [-0.25, -0.2) is 0 Å². The third kappa shape index (κ3) is 5.85. The van der Waals surface area contributed by atoms with Crippen molar-refractivity contribution in [1.82, 2.24) is 10.1 Å². The minimum atomic E-state index is -0.757. The van der Waals surface area contributed by atoms with Gasteiger partial charge in [0.1, 0.15) is 6.61 Å². The molecule has 0 saturated heterocycles. The number of nitrogens with zero attached hydrogens (tertiary/aromatic N) is 2. The molecule has 0 fully saturated rings. The average molecular weight is 270 g/mol. The number of carboxylic acid groups (broad SMARTS) is 1. The van der Waals surface area contributed by atoms with Gasteiger partial charge in [-0.2, -0.15) is 0 Å². The molecule has 0 radical (unpaired) electrons. The Kier molecular flexibility index (Phi) is 6.52. The molecular formula is C13H22N2O4. The third-order valence-electron chi connectivity index (χ3n) is 2.83. The smallest absolute Gasteiger partial charge is 0.303 e. The van der Waals surface area contributed by atoms with Crippen molar-refractivity contribution in [2.45, 2.75) is 45.9 Å². The minimum absolute atomic E-state index is 0.191. The Morgan fingerprint density at radius 2 is 2.32 bits per heavy atom. The predicted molar refractivity (Wildman–Crippen MR) is 69.6 cm³/mol. The summed E-state index contributed by atoms with van der Waals surface area (Å²) in [5, 5.41) is 12.6. The van der Waals surface area contributed by atoms with Gasteiger partial charge in [-0.15, -0.1) is 0 Å². The summed E-state index contributed by atoms with van der Waals surface area (Å²) in [7, 11) is 1.61. The molecule has 19 heavy (non-hydrogen) atoms. The van der Waals surface area contributed by atoms with Crippen LogP contribution in [0.5, 0.6) is 0 Å². The topological polar surface area (TPSA) is 75.8 Å². The van der Waals surface area contributed by atoms with E-state index >= 15 is 0 Å². The summed E-state index contributed by atoms with van der Waals surface area (Å²) in [6, 6.07) is 2.20. The average Bonchev–Trinajstić information content (AvgIpc) is 2.75. The van der Waals surface area contributed by atoms with E-state index in [1.165, 1.54) is 0 Å². The quantitative estimate of drug-likeness (QED) is 0.738. The van der Waals surface area contributed by atoms with Crippen molar-refractivity contribution >= 4 is 5.97 Å². The zero-order chi connectivity index (χ0) is 14.3. The van der Waals surface area contributed by atoms with Gasteiger partial charge >= 0.3 is 5.97 Å². The van der Waals surface area contributed by atoms with Crippen LogP contribution in [0.1, 0.15) is 38.1 Å². The summed E-state index contributed by atoms with van der Waals surface area (Å²) in [6.07, 6.45) is 0.827. The molecule has 0 amide bonds. The summed E-state index contributed by atoms with van der Waals surface area (Å²) < 4.78 is 10.1. The lowest BCUT2D eigenvalue weighted by molar-refractivity contribution is -0.137. The summed E-state index contributed by atoms with van der Waals surface area (Å²) >= 11 is 0. The Morgan fingerprint density at radius 3 is 2.89 bits per heavy atom. The zero-order valence-electron chi connectivity index (χ0n) is 11.8. The van der Waals surface area contributed by atoms with Gasteiger partial charge in [-0.3, -0.25) is 9.69 Å². The van der Waals surface area contributed by atoms with Crippen molar-refractivity contribution in [3.8, 4) is 0 Å². The maximum absolute atomic E-state index is 10.5. The van der Waals surface area contributed by atoms with E-state index in [1.54, 1.807) is 7.11 Å². The Morgan fingerprint density at radius 1 is 1.58 bits per heavy atom. The van der Waals surface area contributed by atoms with Gasteiger partial charge < -0.3 is 14.4 Å². The van der Waals surface area contributed by atoms with Crippen LogP contribution in [0.2, 0.25) is 0 Å². The van der Waals surface area contributed by atoms with Crippen molar-refractivity contribution in [2.24, 2.45) is 0 Å². The highest BCUT2D eigenvalue weighted by molar-refractivity contribution is 5.66. The van der Waals surface area contributed by atoms with Crippen LogP contribution in [0, 0.1) is 0 Å². The van der Waals surface area contributed by atoms with E-state index in [1.807, 2.05) is 6.07 Å². The number of aromatic nitrogens is 1. The highest BCUT2D eigenvalue weighted by Crippen LogP contribution is 2.11. The molecule has 0 spiro atoms. The molecule has 1 aromatic rings. The molecule has 0 aromatic carbocycles. The van der Waals surface area contributed by atoms with Gasteiger partial charge in [0.25, 0.3) is 0 Å². The maximum atomic E-state index is 10.5. The Bertz CT molecular complexity index is 390. The van der Waals surface area contributed by atoms with Crippen LogP contribution in [0.4, 0.5) is 0 Å². The first kappa shape index (κ1) is 15.7. The molecule has 0 aliphatic rings. The minimum Gasteiger partial charge on any atom is -0.481 e. The van der Waals surface area contributed by atoms with Crippen LogP contribution >= 0.6 is 0 Å². The number of methoxy groups -OCH3 is 1. The first-order valence-electron chi connectivity index (χ1n) is 6.42. The molecule has 0 bridgehead atoms. The van der Waals surface area contributed by atoms with Crippen molar-refractivity contribution in [2.75, 3.05) is 13.7 Å². The van der Waals surface area contributed by atoms with Crippen LogP contribution in [0.3, 0.4) is 0 Å². The van der Waals surface area contributed by atoms with Crippen molar-refractivity contribution in [1.29, 1.82) is 0 Å². The Labute approximate surface area is 113 Å². The summed E-state index contributed by atoms with van der Waals surface area (Å²) in [5.74, 6) is -0.0562. The standard InChI is InChI=1S/C13H22N2O4/c1-10(2)15(6-4-5-13(16)17)8-11-7-12(9-18-3)19-14-11/h7,10H,4-6,8-9H2,1-3H3,(H,16,17). The van der Waals surface area contributed by atoms with Crippen LogP contribution < -0.4 is 0 Å². The zero-order valence-corrected chi connectivity index (χ0v) is 11.8. The Balaban J connectivity index is 2.49. The molecule has 1 rings (SSSR count). The summed E-state index contributed by atoms with van der Waals surface area (Å²) in [5.41, 5.74) is 0.844. The normalized spacial score (nSPS) is 11.4. The van der Waals surface area contributed by atoms with Crippen molar-refractivity contribution < 1.29 is 19.2 Å². The summed E-state index contributed by atoms with van der Waals surface area (Å²) in [6.45, 7) is 5.96. The fourth-order valence-electron chi connectivity index (χ4n) is 1.80. The molecule has 6 heteroatoms. The number of aliphatic carboxylic acids is 1. The van der Waals surface area contributed by atoms with Gasteiger partial charge in [0, 0.05) is 32.2 Å². The molecule has 0 unspecified atom stereocenters. The van der Waals surface area contributed by atoms with Gasteiger partial charge in [0.15, 0.2) is 5.76 Å². The highest BCUT2D eigenvalue weighted by Gasteiger charge is 2.13. The lowest BCUT2D eigenvalue weighted by Gasteiger charge is -2.24. The second-order valence-electron chi connectivity index (χ2n) is 4.78. The van der Waals surface area contributed by atoms with E-state index < -0.39 is 5.97 Å². The molecule has 1 aromatic heterocycles. The predicted octanol–water partition coefficient (Wildman–Crippen LogP) is 1.90. The van der Waals surface area contributed by atoms with E-state index in [0.29, 0.717) is 31.4 Å². The lowest BCUT2D eigenvalue weighted by Crippen LogP contribution is -2.31. The molecule has 108 valence electrons. The van der Waals surface area contributed by atoms with Crippen LogP contribution in [-0.4, -0.2) is 40.8 Å². The van der Waals surface area contributed by atoms with Crippen LogP contribution in [0.15, 0.2) is 10.6 Å². The van der Waals surface area contributed by atoms with Gasteiger partial charge in [0.2, 0.25) is 0 Å². The molecule has 0 atom stereocenters. The van der Waals surface area contributed by atoms with E-state index in [-0.39, 0.29) is 6.42 Å². The van der Waals surface area contributed by atoms with E-state index in [4.69, 9.17) is 14.4 Å². The van der Waals surface area contributed by atoms with E-state index in [9.17, 15) is 4.79 Å². The van der Waals surface area contributed by atoms with Gasteiger partial charge in [0.05, 0.1) is 5.69 Å². The first-order valence-corrected chi connectivity index (χ1v) is 6.42. The monoisotopic (exact) mass is 270 g/mol.